The molecular weight excluding hydrogens is 242 g/mol. The van der Waals surface area contributed by atoms with Crippen LogP contribution in [0, 0.1) is 6.92 Å². The minimum atomic E-state index is 0.170. The van der Waals surface area contributed by atoms with E-state index in [1.54, 1.807) is 0 Å². The molecule has 2 heterocycles. The number of hydrogen-bond donors (Lipinski definition) is 1. The highest BCUT2D eigenvalue weighted by atomic mass is 32.1. The number of nitrogens with zero attached hydrogens (tertiary/aromatic N) is 2. The van der Waals surface area contributed by atoms with E-state index in [2.05, 4.69) is 43.3 Å². The van der Waals surface area contributed by atoms with Gasteiger partial charge in [0.05, 0.1) is 12.2 Å². The van der Waals surface area contributed by atoms with Gasteiger partial charge in [0, 0.05) is 28.0 Å². The zero-order valence-corrected chi connectivity index (χ0v) is 12.3. The first-order chi connectivity index (χ1) is 8.42. The fourth-order valence-electron chi connectivity index (χ4n) is 1.67. The fourth-order valence-corrected chi connectivity index (χ4v) is 2.62. The third-order valence-electron chi connectivity index (χ3n) is 2.60. The Morgan fingerprint density at radius 2 is 1.94 bits per heavy atom. The normalized spacial score (nSPS) is 12.0. The lowest BCUT2D eigenvalue weighted by Crippen LogP contribution is -2.34. The zero-order valence-electron chi connectivity index (χ0n) is 11.5. The molecule has 2 aromatic heterocycles. The van der Waals surface area contributed by atoms with E-state index in [1.807, 2.05) is 35.2 Å². The first kappa shape index (κ1) is 13.3. The van der Waals surface area contributed by atoms with Crippen molar-refractivity contribution in [1.29, 1.82) is 0 Å². The second kappa shape index (κ2) is 5.24. The van der Waals surface area contributed by atoms with Crippen LogP contribution in [0.4, 0.5) is 0 Å². The summed E-state index contributed by atoms with van der Waals surface area (Å²) in [4.78, 5) is 2.73. The molecule has 0 amide bonds. The quantitative estimate of drug-likeness (QED) is 0.918. The second-order valence-corrected chi connectivity index (χ2v) is 6.88. The Labute approximate surface area is 113 Å². The Hall–Kier alpha value is -1.13. The molecule has 0 spiro atoms. The molecule has 0 fully saturated rings. The Morgan fingerprint density at radius 1 is 1.22 bits per heavy atom. The van der Waals surface area contributed by atoms with E-state index in [-0.39, 0.29) is 5.54 Å². The molecule has 4 heteroatoms. The largest absolute Gasteiger partial charge is 0.307 e. The van der Waals surface area contributed by atoms with E-state index in [0.717, 1.165) is 18.8 Å². The Morgan fingerprint density at radius 3 is 2.56 bits per heavy atom. The molecule has 2 aromatic rings. The van der Waals surface area contributed by atoms with Crippen molar-refractivity contribution in [1.82, 2.24) is 15.1 Å². The van der Waals surface area contributed by atoms with Crippen molar-refractivity contribution in [3.8, 4) is 0 Å². The number of hydrogen-bond acceptors (Lipinski definition) is 3. The van der Waals surface area contributed by atoms with Crippen LogP contribution in [0.3, 0.4) is 0 Å². The minimum Gasteiger partial charge on any atom is -0.307 e. The van der Waals surface area contributed by atoms with E-state index in [9.17, 15) is 0 Å². The lowest BCUT2D eigenvalue weighted by Gasteiger charge is -2.19. The molecule has 98 valence electrons. The van der Waals surface area contributed by atoms with Crippen molar-refractivity contribution in [3.63, 3.8) is 0 Å². The number of rotatable bonds is 4. The maximum atomic E-state index is 4.41. The average Bonchev–Trinajstić information content (AvgIpc) is 2.85. The van der Waals surface area contributed by atoms with Crippen LogP contribution < -0.4 is 5.32 Å². The van der Waals surface area contributed by atoms with Gasteiger partial charge in [0.1, 0.15) is 0 Å². The van der Waals surface area contributed by atoms with Gasteiger partial charge in [-0.25, -0.2) is 0 Å². The van der Waals surface area contributed by atoms with Crippen LogP contribution in [0.1, 0.15) is 36.2 Å². The van der Waals surface area contributed by atoms with Crippen molar-refractivity contribution in [2.75, 3.05) is 0 Å². The molecule has 0 saturated carbocycles. The summed E-state index contributed by atoms with van der Waals surface area (Å²) in [6, 6.07) is 6.44. The van der Waals surface area contributed by atoms with Gasteiger partial charge >= 0.3 is 0 Å². The third-order valence-corrected chi connectivity index (χ3v) is 3.67. The Bertz CT molecular complexity index is 505. The van der Waals surface area contributed by atoms with Gasteiger partial charge in [-0.1, -0.05) is 0 Å². The standard InChI is InChI=1S/C14H21N3S/c1-11-7-8-17(16-11)10-13-6-5-12(18-13)9-15-14(2,3)4/h5-8,15H,9-10H2,1-4H3. The first-order valence-corrected chi connectivity index (χ1v) is 7.07. The first-order valence-electron chi connectivity index (χ1n) is 6.25. The molecule has 0 aliphatic heterocycles. The molecule has 2 rings (SSSR count). The van der Waals surface area contributed by atoms with Gasteiger partial charge in [0.25, 0.3) is 0 Å². The predicted octanol–water partition coefficient (Wildman–Crippen LogP) is 3.19. The molecule has 0 atom stereocenters. The monoisotopic (exact) mass is 263 g/mol. The topological polar surface area (TPSA) is 29.9 Å². The van der Waals surface area contributed by atoms with Gasteiger partial charge in [0.15, 0.2) is 0 Å². The van der Waals surface area contributed by atoms with Gasteiger partial charge in [-0.3, -0.25) is 4.68 Å². The fraction of sp³-hybridized carbons (Fsp3) is 0.500. The summed E-state index contributed by atoms with van der Waals surface area (Å²) in [7, 11) is 0. The molecule has 0 aliphatic carbocycles. The number of thiophene rings is 1. The van der Waals surface area contributed by atoms with Crippen LogP contribution in [0.2, 0.25) is 0 Å². The van der Waals surface area contributed by atoms with Crippen molar-refractivity contribution in [2.24, 2.45) is 0 Å². The molecule has 0 radical (unpaired) electrons. The zero-order chi connectivity index (χ0) is 13.2. The third kappa shape index (κ3) is 3.96. The lowest BCUT2D eigenvalue weighted by atomic mass is 10.1. The van der Waals surface area contributed by atoms with Crippen molar-refractivity contribution < 1.29 is 0 Å². The minimum absolute atomic E-state index is 0.170. The van der Waals surface area contributed by atoms with Crippen LogP contribution in [-0.4, -0.2) is 15.3 Å². The van der Waals surface area contributed by atoms with Crippen molar-refractivity contribution >= 4 is 11.3 Å². The highest BCUT2D eigenvalue weighted by Gasteiger charge is 2.09. The van der Waals surface area contributed by atoms with Crippen LogP contribution in [-0.2, 0) is 13.1 Å². The Kier molecular flexibility index (Phi) is 3.88. The van der Waals surface area contributed by atoms with E-state index >= 15 is 0 Å². The number of nitrogens with one attached hydrogen (secondary N) is 1. The molecule has 18 heavy (non-hydrogen) atoms. The summed E-state index contributed by atoms with van der Waals surface area (Å²) in [5.41, 5.74) is 1.24. The van der Waals surface area contributed by atoms with Crippen molar-refractivity contribution in [3.05, 3.63) is 39.8 Å². The van der Waals surface area contributed by atoms with Gasteiger partial charge in [-0.05, 0) is 45.9 Å². The molecule has 0 saturated heterocycles. The summed E-state index contributed by atoms with van der Waals surface area (Å²) in [6.45, 7) is 10.4. The van der Waals surface area contributed by atoms with E-state index in [0.29, 0.717) is 0 Å². The van der Waals surface area contributed by atoms with E-state index in [4.69, 9.17) is 0 Å². The number of aromatic nitrogens is 2. The molecule has 0 unspecified atom stereocenters. The second-order valence-electron chi connectivity index (χ2n) is 5.63. The van der Waals surface area contributed by atoms with Gasteiger partial charge in [-0.2, -0.15) is 5.10 Å². The predicted molar refractivity (Wildman–Crippen MR) is 77.0 cm³/mol. The van der Waals surface area contributed by atoms with Gasteiger partial charge in [0.2, 0.25) is 0 Å². The van der Waals surface area contributed by atoms with Crippen LogP contribution >= 0.6 is 11.3 Å². The lowest BCUT2D eigenvalue weighted by molar-refractivity contribution is 0.426. The van der Waals surface area contributed by atoms with Crippen LogP contribution in [0.25, 0.3) is 0 Å². The van der Waals surface area contributed by atoms with Crippen LogP contribution in [0.15, 0.2) is 24.4 Å². The number of aryl methyl sites for hydroxylation is 1. The highest BCUT2D eigenvalue weighted by molar-refractivity contribution is 7.11. The molecule has 3 nitrogen and oxygen atoms in total. The molecule has 0 bridgehead atoms. The summed E-state index contributed by atoms with van der Waals surface area (Å²) in [5.74, 6) is 0. The van der Waals surface area contributed by atoms with Gasteiger partial charge in [-0.15, -0.1) is 11.3 Å². The van der Waals surface area contributed by atoms with E-state index < -0.39 is 0 Å². The molecule has 0 aromatic carbocycles. The van der Waals surface area contributed by atoms with Gasteiger partial charge < -0.3 is 5.32 Å². The molecular formula is C14H21N3S. The maximum Gasteiger partial charge on any atom is 0.0752 e. The summed E-state index contributed by atoms with van der Waals surface area (Å²) in [5, 5.41) is 7.92. The van der Waals surface area contributed by atoms with E-state index in [1.165, 1.54) is 9.75 Å². The highest BCUT2D eigenvalue weighted by Crippen LogP contribution is 2.18. The smallest absolute Gasteiger partial charge is 0.0752 e. The average molecular weight is 263 g/mol. The SMILES string of the molecule is Cc1ccn(Cc2ccc(CNC(C)(C)C)s2)n1. The maximum absolute atomic E-state index is 4.41. The molecule has 0 aliphatic rings. The Balaban J connectivity index is 1.94. The summed E-state index contributed by atoms with van der Waals surface area (Å²) >= 11 is 1.85. The summed E-state index contributed by atoms with van der Waals surface area (Å²) in [6.07, 6.45) is 2.03. The van der Waals surface area contributed by atoms with Crippen LogP contribution in [0.5, 0.6) is 0 Å². The molecule has 1 N–H and O–H groups in total. The van der Waals surface area contributed by atoms with Crippen molar-refractivity contribution in [2.45, 2.75) is 46.3 Å². The summed E-state index contributed by atoms with van der Waals surface area (Å²) < 4.78 is 1.99.